The summed E-state index contributed by atoms with van der Waals surface area (Å²) in [5.74, 6) is 0.00389. The molecule has 0 radical (unpaired) electrons. The lowest BCUT2D eigenvalue weighted by Gasteiger charge is -2.13. The van der Waals surface area contributed by atoms with E-state index in [1.165, 1.54) is 42.5 Å². The fourth-order valence-corrected chi connectivity index (χ4v) is 3.43. The van der Waals surface area contributed by atoms with Crippen molar-refractivity contribution in [2.24, 2.45) is 0 Å². The Hall–Kier alpha value is -2.02. The van der Waals surface area contributed by atoms with E-state index < -0.39 is 21.9 Å². The summed E-state index contributed by atoms with van der Waals surface area (Å²) in [6, 6.07) is 10.8. The minimum absolute atomic E-state index is 0.0346. The molecule has 136 valence electrons. The summed E-state index contributed by atoms with van der Waals surface area (Å²) >= 11 is 0. The van der Waals surface area contributed by atoms with E-state index in [0.29, 0.717) is 12.0 Å². The van der Waals surface area contributed by atoms with E-state index in [0.717, 1.165) is 18.9 Å². The van der Waals surface area contributed by atoms with Crippen LogP contribution in [0.1, 0.15) is 31.7 Å². The quantitative estimate of drug-likeness (QED) is 0.491. The molecule has 0 aliphatic rings. The number of benzene rings is 2. The average Bonchev–Trinajstić information content (AvgIpc) is 2.54. The first-order chi connectivity index (χ1) is 11.7. The van der Waals surface area contributed by atoms with Gasteiger partial charge in [0.1, 0.15) is 5.75 Å². The molecule has 0 unspecified atom stereocenters. The standard InChI is InChI=1S/C18H19F3O3S/c1-2-3-6-13-25(22,23)24-15-11-9-14(10-12-15)16-7-4-5-8-17(16)18(19,20)21/h4-5,7-12H,2-3,6,13H2,1H3. The minimum Gasteiger partial charge on any atom is -0.382 e. The molecule has 0 spiro atoms. The lowest BCUT2D eigenvalue weighted by molar-refractivity contribution is -0.137. The second-order valence-corrected chi connectivity index (χ2v) is 7.31. The summed E-state index contributed by atoms with van der Waals surface area (Å²) in [6.45, 7) is 1.96. The topological polar surface area (TPSA) is 43.4 Å². The van der Waals surface area contributed by atoms with E-state index in [4.69, 9.17) is 4.18 Å². The van der Waals surface area contributed by atoms with Gasteiger partial charge in [0, 0.05) is 0 Å². The zero-order chi connectivity index (χ0) is 18.5. The molecule has 0 aromatic heterocycles. The van der Waals surface area contributed by atoms with Crippen LogP contribution in [0, 0.1) is 0 Å². The third-order valence-corrected chi connectivity index (χ3v) is 4.85. The summed E-state index contributed by atoms with van der Waals surface area (Å²) in [5, 5.41) is 0. The van der Waals surface area contributed by atoms with Crippen LogP contribution in [0.2, 0.25) is 0 Å². The van der Waals surface area contributed by atoms with Gasteiger partial charge >= 0.3 is 16.3 Å². The SMILES string of the molecule is CCCCCS(=O)(=O)Oc1ccc(-c2ccccc2C(F)(F)F)cc1. The zero-order valence-electron chi connectivity index (χ0n) is 13.7. The Bertz CT molecular complexity index is 797. The summed E-state index contributed by atoms with van der Waals surface area (Å²) in [4.78, 5) is 0. The van der Waals surface area contributed by atoms with E-state index in [-0.39, 0.29) is 17.1 Å². The van der Waals surface area contributed by atoms with Crippen LogP contribution in [0.25, 0.3) is 11.1 Å². The number of halogens is 3. The molecule has 2 aromatic carbocycles. The summed E-state index contributed by atoms with van der Waals surface area (Å²) in [5.41, 5.74) is -0.369. The number of alkyl halides is 3. The first-order valence-electron chi connectivity index (χ1n) is 7.92. The van der Waals surface area contributed by atoms with Crippen molar-refractivity contribution < 1.29 is 25.8 Å². The van der Waals surface area contributed by atoms with Gasteiger partial charge in [-0.2, -0.15) is 21.6 Å². The first-order valence-corrected chi connectivity index (χ1v) is 9.49. The van der Waals surface area contributed by atoms with E-state index in [9.17, 15) is 21.6 Å². The highest BCUT2D eigenvalue weighted by Crippen LogP contribution is 2.37. The molecule has 2 aromatic rings. The molecular weight excluding hydrogens is 353 g/mol. The van der Waals surface area contributed by atoms with Crippen molar-refractivity contribution in [3.63, 3.8) is 0 Å². The van der Waals surface area contributed by atoms with Crippen LogP contribution >= 0.6 is 0 Å². The smallest absolute Gasteiger partial charge is 0.382 e. The maximum atomic E-state index is 13.1. The molecule has 0 fully saturated rings. The van der Waals surface area contributed by atoms with Gasteiger partial charge in [0.15, 0.2) is 0 Å². The second-order valence-electron chi connectivity index (χ2n) is 5.62. The fourth-order valence-electron chi connectivity index (χ4n) is 2.39. The van der Waals surface area contributed by atoms with Gasteiger partial charge in [-0.3, -0.25) is 0 Å². The molecule has 0 saturated heterocycles. The van der Waals surface area contributed by atoms with Crippen molar-refractivity contribution >= 4 is 10.1 Å². The molecule has 0 bridgehead atoms. The van der Waals surface area contributed by atoms with Crippen LogP contribution in [0.5, 0.6) is 5.75 Å². The number of unbranched alkanes of at least 4 members (excludes halogenated alkanes) is 2. The van der Waals surface area contributed by atoms with Gasteiger partial charge in [0.25, 0.3) is 0 Å². The highest BCUT2D eigenvalue weighted by molar-refractivity contribution is 7.87. The molecule has 7 heteroatoms. The lowest BCUT2D eigenvalue weighted by atomic mass is 9.99. The summed E-state index contributed by atoms with van der Waals surface area (Å²) in [6.07, 6.45) is -2.27. The fraction of sp³-hybridized carbons (Fsp3) is 0.333. The summed E-state index contributed by atoms with van der Waals surface area (Å²) in [7, 11) is -3.70. The van der Waals surface area contributed by atoms with Crippen molar-refractivity contribution in [2.45, 2.75) is 32.4 Å². The van der Waals surface area contributed by atoms with Crippen molar-refractivity contribution in [1.29, 1.82) is 0 Å². The Kier molecular flexibility index (Phi) is 6.11. The molecular formula is C18H19F3O3S. The van der Waals surface area contributed by atoms with Crippen LogP contribution in [-0.2, 0) is 16.3 Å². The molecule has 0 aliphatic carbocycles. The molecule has 0 N–H and O–H groups in total. The minimum atomic E-state index is -4.46. The van der Waals surface area contributed by atoms with Gasteiger partial charge in [-0.25, -0.2) is 0 Å². The van der Waals surface area contributed by atoms with Crippen molar-refractivity contribution in [1.82, 2.24) is 0 Å². The average molecular weight is 372 g/mol. The summed E-state index contributed by atoms with van der Waals surface area (Å²) < 4.78 is 67.9. The van der Waals surface area contributed by atoms with Crippen LogP contribution in [0.4, 0.5) is 13.2 Å². The van der Waals surface area contributed by atoms with Gasteiger partial charge in [-0.15, -0.1) is 0 Å². The Balaban J connectivity index is 2.19. The highest BCUT2D eigenvalue weighted by atomic mass is 32.2. The number of hydrogen-bond acceptors (Lipinski definition) is 3. The van der Waals surface area contributed by atoms with Gasteiger partial charge in [0.05, 0.1) is 11.3 Å². The largest absolute Gasteiger partial charge is 0.417 e. The predicted octanol–water partition coefficient (Wildman–Crippen LogP) is 5.27. The maximum Gasteiger partial charge on any atom is 0.417 e. The van der Waals surface area contributed by atoms with Gasteiger partial charge in [-0.05, 0) is 35.7 Å². The highest BCUT2D eigenvalue weighted by Gasteiger charge is 2.33. The van der Waals surface area contributed by atoms with Crippen LogP contribution in [-0.4, -0.2) is 14.2 Å². The van der Waals surface area contributed by atoms with Crippen molar-refractivity contribution in [3.8, 4) is 16.9 Å². The molecule has 25 heavy (non-hydrogen) atoms. The monoisotopic (exact) mass is 372 g/mol. The predicted molar refractivity (Wildman–Crippen MR) is 90.8 cm³/mol. The Morgan fingerprint density at radius 2 is 1.60 bits per heavy atom. The molecule has 0 saturated carbocycles. The van der Waals surface area contributed by atoms with E-state index in [2.05, 4.69) is 0 Å². The maximum absolute atomic E-state index is 13.1. The number of rotatable bonds is 7. The second kappa shape index (κ2) is 7.91. The van der Waals surface area contributed by atoms with Crippen molar-refractivity contribution in [2.75, 3.05) is 5.75 Å². The zero-order valence-corrected chi connectivity index (χ0v) is 14.5. The van der Waals surface area contributed by atoms with E-state index in [1.807, 2.05) is 6.92 Å². The Morgan fingerprint density at radius 3 is 2.20 bits per heavy atom. The van der Waals surface area contributed by atoms with Crippen LogP contribution < -0.4 is 4.18 Å². The molecule has 2 rings (SSSR count). The van der Waals surface area contributed by atoms with Gasteiger partial charge < -0.3 is 4.18 Å². The van der Waals surface area contributed by atoms with E-state index >= 15 is 0 Å². The van der Waals surface area contributed by atoms with Crippen LogP contribution in [0.15, 0.2) is 48.5 Å². The molecule has 0 aliphatic heterocycles. The first kappa shape index (κ1) is 19.3. The number of hydrogen-bond donors (Lipinski definition) is 0. The van der Waals surface area contributed by atoms with Crippen molar-refractivity contribution in [3.05, 3.63) is 54.1 Å². The Morgan fingerprint density at radius 1 is 0.960 bits per heavy atom. The Labute approximate surface area is 145 Å². The molecule has 3 nitrogen and oxygen atoms in total. The van der Waals surface area contributed by atoms with E-state index in [1.54, 1.807) is 0 Å². The molecule has 0 amide bonds. The molecule has 0 heterocycles. The van der Waals surface area contributed by atoms with Gasteiger partial charge in [0.2, 0.25) is 0 Å². The third kappa shape index (κ3) is 5.49. The molecule has 0 atom stereocenters. The van der Waals surface area contributed by atoms with Gasteiger partial charge in [-0.1, -0.05) is 50.1 Å². The van der Waals surface area contributed by atoms with Crippen LogP contribution in [0.3, 0.4) is 0 Å². The lowest BCUT2D eigenvalue weighted by Crippen LogP contribution is -2.13. The normalized spacial score (nSPS) is 12.2. The third-order valence-electron chi connectivity index (χ3n) is 3.62.